The smallest absolute Gasteiger partial charge is 0.323 e. The molecule has 0 bridgehead atoms. The summed E-state index contributed by atoms with van der Waals surface area (Å²) >= 11 is 0. The standard InChI is InChI=1S/C19H29NO3.ClH/c1-3-4-11-16-14(2)22-19(21)17(20)12-8-13-18(16)23-15-9-6-5-7-10-15;/h5-7,9-10,14,16-18H,3-4,8,11-13,20H2,1-2H3;1H/t14-,16-,17-,18-;/m0./s1. The Hall–Kier alpha value is -1.26. The Morgan fingerprint density at radius 1 is 1.25 bits per heavy atom. The van der Waals surface area contributed by atoms with Gasteiger partial charge in [-0.05, 0) is 44.7 Å². The van der Waals surface area contributed by atoms with E-state index in [1.165, 1.54) is 0 Å². The highest BCUT2D eigenvalue weighted by Crippen LogP contribution is 2.29. The third-order valence-electron chi connectivity index (χ3n) is 4.61. The van der Waals surface area contributed by atoms with Gasteiger partial charge in [0.1, 0.15) is 24.0 Å². The van der Waals surface area contributed by atoms with E-state index in [0.29, 0.717) is 6.42 Å². The van der Waals surface area contributed by atoms with E-state index in [-0.39, 0.29) is 36.5 Å². The van der Waals surface area contributed by atoms with Crippen molar-refractivity contribution in [3.05, 3.63) is 30.3 Å². The number of carbonyl (C=O) groups is 1. The highest BCUT2D eigenvalue weighted by atomic mass is 35.5. The number of carbonyl (C=O) groups excluding carboxylic acids is 1. The van der Waals surface area contributed by atoms with E-state index in [4.69, 9.17) is 15.2 Å². The van der Waals surface area contributed by atoms with Gasteiger partial charge in [-0.2, -0.15) is 0 Å². The molecule has 0 unspecified atom stereocenters. The van der Waals surface area contributed by atoms with Crippen LogP contribution in [0.2, 0.25) is 0 Å². The van der Waals surface area contributed by atoms with Crippen LogP contribution in [0.5, 0.6) is 5.75 Å². The van der Waals surface area contributed by atoms with Crippen LogP contribution in [0.15, 0.2) is 30.3 Å². The number of unbranched alkanes of at least 4 members (excludes halogenated alkanes) is 1. The molecule has 1 aliphatic heterocycles. The van der Waals surface area contributed by atoms with Crippen LogP contribution in [0.25, 0.3) is 0 Å². The number of esters is 1. The highest BCUT2D eigenvalue weighted by molar-refractivity contribution is 5.85. The molecule has 1 aromatic carbocycles. The maximum Gasteiger partial charge on any atom is 0.323 e. The second-order valence-corrected chi connectivity index (χ2v) is 6.45. The van der Waals surface area contributed by atoms with Crippen LogP contribution in [0.3, 0.4) is 0 Å². The first-order valence-corrected chi connectivity index (χ1v) is 8.79. The number of rotatable bonds is 5. The monoisotopic (exact) mass is 355 g/mol. The lowest BCUT2D eigenvalue weighted by atomic mass is 9.88. The summed E-state index contributed by atoms with van der Waals surface area (Å²) in [7, 11) is 0. The molecule has 5 heteroatoms. The second kappa shape index (κ2) is 10.6. The van der Waals surface area contributed by atoms with E-state index in [0.717, 1.165) is 37.9 Å². The number of benzene rings is 1. The molecule has 0 radical (unpaired) electrons. The number of nitrogens with two attached hydrogens (primary N) is 1. The molecule has 24 heavy (non-hydrogen) atoms. The highest BCUT2D eigenvalue weighted by Gasteiger charge is 2.33. The molecule has 4 atom stereocenters. The zero-order valence-corrected chi connectivity index (χ0v) is 15.5. The lowest BCUT2D eigenvalue weighted by molar-refractivity contribution is -0.153. The Bertz CT molecular complexity index is 483. The molecule has 1 aliphatic rings. The molecular formula is C19H30ClNO3. The van der Waals surface area contributed by atoms with Gasteiger partial charge in [0, 0.05) is 5.92 Å². The van der Waals surface area contributed by atoms with Crippen molar-refractivity contribution < 1.29 is 14.3 Å². The minimum Gasteiger partial charge on any atom is -0.490 e. The summed E-state index contributed by atoms with van der Waals surface area (Å²) in [6.45, 7) is 4.15. The summed E-state index contributed by atoms with van der Waals surface area (Å²) in [4.78, 5) is 12.0. The van der Waals surface area contributed by atoms with Gasteiger partial charge in [-0.25, -0.2) is 0 Å². The van der Waals surface area contributed by atoms with E-state index in [9.17, 15) is 4.79 Å². The van der Waals surface area contributed by atoms with E-state index in [2.05, 4.69) is 6.92 Å². The summed E-state index contributed by atoms with van der Waals surface area (Å²) in [5.41, 5.74) is 5.91. The summed E-state index contributed by atoms with van der Waals surface area (Å²) in [6, 6.07) is 9.38. The molecule has 1 fully saturated rings. The fraction of sp³-hybridized carbons (Fsp3) is 0.632. The molecule has 1 heterocycles. The van der Waals surface area contributed by atoms with Crippen LogP contribution in [-0.2, 0) is 9.53 Å². The van der Waals surface area contributed by atoms with Gasteiger partial charge in [0.2, 0.25) is 0 Å². The predicted octanol–water partition coefficient (Wildman–Crippen LogP) is 4.11. The first-order valence-electron chi connectivity index (χ1n) is 8.79. The van der Waals surface area contributed by atoms with Gasteiger partial charge < -0.3 is 15.2 Å². The normalized spacial score (nSPS) is 27.9. The Labute approximate surface area is 151 Å². The average molecular weight is 356 g/mol. The summed E-state index contributed by atoms with van der Waals surface area (Å²) < 4.78 is 11.9. The Morgan fingerprint density at radius 3 is 2.62 bits per heavy atom. The molecule has 2 N–H and O–H groups in total. The minimum atomic E-state index is -0.514. The Kier molecular flexibility index (Phi) is 9.16. The van der Waals surface area contributed by atoms with Crippen molar-refractivity contribution in [1.29, 1.82) is 0 Å². The van der Waals surface area contributed by atoms with Crippen molar-refractivity contribution in [2.24, 2.45) is 11.7 Å². The molecule has 0 saturated carbocycles. The van der Waals surface area contributed by atoms with Gasteiger partial charge in [-0.1, -0.05) is 38.0 Å². The van der Waals surface area contributed by atoms with E-state index in [1.54, 1.807) is 0 Å². The Balaban J connectivity index is 0.00000288. The number of para-hydroxylation sites is 1. The molecule has 1 saturated heterocycles. The van der Waals surface area contributed by atoms with Crippen molar-refractivity contribution in [3.63, 3.8) is 0 Å². The van der Waals surface area contributed by atoms with Gasteiger partial charge in [0.15, 0.2) is 0 Å². The van der Waals surface area contributed by atoms with E-state index in [1.807, 2.05) is 37.3 Å². The van der Waals surface area contributed by atoms with Gasteiger partial charge in [-0.15, -0.1) is 12.4 Å². The van der Waals surface area contributed by atoms with Crippen LogP contribution >= 0.6 is 12.4 Å². The third-order valence-corrected chi connectivity index (χ3v) is 4.61. The molecular weight excluding hydrogens is 326 g/mol. The lowest BCUT2D eigenvalue weighted by Gasteiger charge is -2.31. The SMILES string of the molecule is CCCC[C@H]1[C@H](C)OC(=O)[C@@H](N)CCC[C@@H]1Oc1ccccc1.Cl. The largest absolute Gasteiger partial charge is 0.490 e. The molecule has 0 aliphatic carbocycles. The number of ether oxygens (including phenoxy) is 2. The minimum absolute atomic E-state index is 0. The van der Waals surface area contributed by atoms with Crippen LogP contribution < -0.4 is 10.5 Å². The molecule has 0 aromatic heterocycles. The number of cyclic esters (lactones) is 1. The van der Waals surface area contributed by atoms with Crippen molar-refractivity contribution in [2.45, 2.75) is 70.6 Å². The molecule has 2 rings (SSSR count). The second-order valence-electron chi connectivity index (χ2n) is 6.45. The van der Waals surface area contributed by atoms with Crippen LogP contribution in [0.1, 0.15) is 52.4 Å². The van der Waals surface area contributed by atoms with Crippen molar-refractivity contribution in [1.82, 2.24) is 0 Å². The van der Waals surface area contributed by atoms with Gasteiger partial charge >= 0.3 is 5.97 Å². The molecule has 0 amide bonds. The van der Waals surface area contributed by atoms with Gasteiger partial charge in [0.05, 0.1) is 0 Å². The van der Waals surface area contributed by atoms with Crippen molar-refractivity contribution >= 4 is 18.4 Å². The molecule has 1 aromatic rings. The molecule has 4 nitrogen and oxygen atoms in total. The predicted molar refractivity (Wildman–Crippen MR) is 98.5 cm³/mol. The molecule has 0 spiro atoms. The number of hydrogen-bond donors (Lipinski definition) is 1. The number of halogens is 1. The topological polar surface area (TPSA) is 61.5 Å². The number of hydrogen-bond acceptors (Lipinski definition) is 4. The Morgan fingerprint density at radius 2 is 1.96 bits per heavy atom. The summed E-state index contributed by atoms with van der Waals surface area (Å²) in [5.74, 6) is 0.796. The summed E-state index contributed by atoms with van der Waals surface area (Å²) in [6.07, 6.45) is 5.53. The van der Waals surface area contributed by atoms with Crippen molar-refractivity contribution in [2.75, 3.05) is 0 Å². The first kappa shape index (κ1) is 20.8. The third kappa shape index (κ3) is 5.99. The quantitative estimate of drug-likeness (QED) is 0.807. The summed E-state index contributed by atoms with van der Waals surface area (Å²) in [5, 5.41) is 0. The maximum absolute atomic E-state index is 12.0. The zero-order valence-electron chi connectivity index (χ0n) is 14.6. The fourth-order valence-corrected chi connectivity index (χ4v) is 3.21. The average Bonchev–Trinajstić information content (AvgIpc) is 2.59. The maximum atomic E-state index is 12.0. The van der Waals surface area contributed by atoms with Gasteiger partial charge in [0.25, 0.3) is 0 Å². The fourth-order valence-electron chi connectivity index (χ4n) is 3.21. The first-order chi connectivity index (χ1) is 11.1. The van der Waals surface area contributed by atoms with Crippen molar-refractivity contribution in [3.8, 4) is 5.75 Å². The lowest BCUT2D eigenvalue weighted by Crippen LogP contribution is -2.38. The van der Waals surface area contributed by atoms with Crippen LogP contribution in [0, 0.1) is 5.92 Å². The van der Waals surface area contributed by atoms with Crippen LogP contribution in [-0.4, -0.2) is 24.2 Å². The molecule has 136 valence electrons. The van der Waals surface area contributed by atoms with Crippen LogP contribution in [0.4, 0.5) is 0 Å². The van der Waals surface area contributed by atoms with E-state index < -0.39 is 6.04 Å². The van der Waals surface area contributed by atoms with Gasteiger partial charge in [-0.3, -0.25) is 4.79 Å². The van der Waals surface area contributed by atoms with E-state index >= 15 is 0 Å². The zero-order chi connectivity index (χ0) is 16.7.